The maximum atomic E-state index is 13.7. The lowest BCUT2D eigenvalue weighted by molar-refractivity contribution is 0.102. The Hall–Kier alpha value is -2.93. The molecule has 1 amide bonds. The summed E-state index contributed by atoms with van der Waals surface area (Å²) in [5.74, 6) is -0.0890. The van der Waals surface area contributed by atoms with Crippen LogP contribution in [0.4, 0.5) is 10.1 Å². The maximum Gasteiger partial charge on any atom is 0.277 e. The van der Waals surface area contributed by atoms with E-state index in [4.69, 9.17) is 4.42 Å². The number of anilines is 1. The van der Waals surface area contributed by atoms with Gasteiger partial charge in [0.25, 0.3) is 11.1 Å². The number of benzene rings is 2. The quantitative estimate of drug-likeness (QED) is 0.524. The molecule has 3 aromatic rings. The van der Waals surface area contributed by atoms with Crippen LogP contribution in [0, 0.1) is 5.82 Å². The van der Waals surface area contributed by atoms with Crippen molar-refractivity contribution < 1.29 is 13.6 Å². The SMILES string of the molecule is C=CCSc1nnc(-c2cccc(NC(=O)c3ccccc3F)c2)o1. The highest BCUT2D eigenvalue weighted by atomic mass is 32.2. The van der Waals surface area contributed by atoms with E-state index < -0.39 is 11.7 Å². The van der Waals surface area contributed by atoms with Crippen molar-refractivity contribution in [3.63, 3.8) is 0 Å². The van der Waals surface area contributed by atoms with Gasteiger partial charge < -0.3 is 9.73 Å². The molecule has 0 saturated heterocycles. The van der Waals surface area contributed by atoms with Crippen molar-refractivity contribution in [1.82, 2.24) is 10.2 Å². The van der Waals surface area contributed by atoms with E-state index in [2.05, 4.69) is 22.1 Å². The molecule has 1 aromatic heterocycles. The molecule has 0 atom stereocenters. The molecule has 0 saturated carbocycles. The van der Waals surface area contributed by atoms with Gasteiger partial charge in [-0.15, -0.1) is 16.8 Å². The van der Waals surface area contributed by atoms with Gasteiger partial charge >= 0.3 is 0 Å². The Morgan fingerprint density at radius 3 is 2.88 bits per heavy atom. The first-order valence-corrected chi connectivity index (χ1v) is 8.39. The number of hydrogen-bond acceptors (Lipinski definition) is 5. The van der Waals surface area contributed by atoms with E-state index in [1.54, 1.807) is 36.4 Å². The number of thioether (sulfide) groups is 1. The van der Waals surface area contributed by atoms with Crippen LogP contribution in [0.3, 0.4) is 0 Å². The second kappa shape index (κ2) is 7.76. The molecule has 0 bridgehead atoms. The second-order valence-corrected chi connectivity index (χ2v) is 5.96. The third-order valence-electron chi connectivity index (χ3n) is 3.22. The summed E-state index contributed by atoms with van der Waals surface area (Å²) >= 11 is 1.38. The maximum absolute atomic E-state index is 13.7. The molecule has 2 aromatic carbocycles. The lowest BCUT2D eigenvalue weighted by Crippen LogP contribution is -2.13. The van der Waals surface area contributed by atoms with Crippen molar-refractivity contribution in [3.05, 3.63) is 72.6 Å². The van der Waals surface area contributed by atoms with E-state index in [0.29, 0.717) is 28.1 Å². The first-order chi connectivity index (χ1) is 12.2. The Kier molecular flexibility index (Phi) is 5.25. The minimum atomic E-state index is -0.572. The first kappa shape index (κ1) is 16.9. The van der Waals surface area contributed by atoms with Gasteiger partial charge in [0.2, 0.25) is 5.89 Å². The molecule has 25 heavy (non-hydrogen) atoms. The smallest absolute Gasteiger partial charge is 0.277 e. The number of amides is 1. The minimum absolute atomic E-state index is 0.0196. The molecule has 5 nitrogen and oxygen atoms in total. The Bertz CT molecular complexity index is 911. The average Bonchev–Trinajstić information content (AvgIpc) is 3.09. The van der Waals surface area contributed by atoms with Crippen molar-refractivity contribution in [2.75, 3.05) is 11.1 Å². The molecule has 0 aliphatic heterocycles. The standard InChI is InChI=1S/C18H14FN3O2S/c1-2-10-25-18-22-21-17(24-18)12-6-5-7-13(11-12)20-16(23)14-8-3-4-9-15(14)19/h2-9,11H,1,10H2,(H,20,23). The lowest BCUT2D eigenvalue weighted by atomic mass is 10.1. The molecule has 1 N–H and O–H groups in total. The van der Waals surface area contributed by atoms with Gasteiger partial charge in [0.05, 0.1) is 5.56 Å². The first-order valence-electron chi connectivity index (χ1n) is 7.41. The number of rotatable bonds is 6. The lowest BCUT2D eigenvalue weighted by Gasteiger charge is -2.06. The predicted molar refractivity (Wildman–Crippen MR) is 95.0 cm³/mol. The Morgan fingerprint density at radius 1 is 1.24 bits per heavy atom. The summed E-state index contributed by atoms with van der Waals surface area (Å²) in [4.78, 5) is 12.2. The van der Waals surface area contributed by atoms with Gasteiger partial charge in [0.1, 0.15) is 5.82 Å². The molecule has 0 aliphatic rings. The monoisotopic (exact) mass is 355 g/mol. The zero-order valence-electron chi connectivity index (χ0n) is 13.1. The molecule has 0 unspecified atom stereocenters. The van der Waals surface area contributed by atoms with Crippen molar-refractivity contribution in [2.45, 2.75) is 5.22 Å². The summed E-state index contributed by atoms with van der Waals surface area (Å²) in [6.45, 7) is 3.63. The summed E-state index contributed by atoms with van der Waals surface area (Å²) in [6.07, 6.45) is 1.74. The molecular formula is C18H14FN3O2S. The summed E-state index contributed by atoms with van der Waals surface area (Å²) in [6, 6.07) is 12.7. The fourth-order valence-corrected chi connectivity index (χ4v) is 2.59. The molecule has 1 heterocycles. The van der Waals surface area contributed by atoms with E-state index in [0.717, 1.165) is 0 Å². The number of aromatic nitrogens is 2. The van der Waals surface area contributed by atoms with Gasteiger partial charge in [-0.25, -0.2) is 4.39 Å². The number of carbonyl (C=O) groups excluding carboxylic acids is 1. The number of nitrogens with zero attached hydrogens (tertiary/aromatic N) is 2. The third kappa shape index (κ3) is 4.13. The number of hydrogen-bond donors (Lipinski definition) is 1. The van der Waals surface area contributed by atoms with Gasteiger partial charge in [-0.1, -0.05) is 36.0 Å². The zero-order chi connectivity index (χ0) is 17.6. The van der Waals surface area contributed by atoms with Crippen molar-refractivity contribution in [1.29, 1.82) is 0 Å². The highest BCUT2D eigenvalue weighted by molar-refractivity contribution is 7.99. The summed E-state index contributed by atoms with van der Waals surface area (Å²) < 4.78 is 19.2. The fourth-order valence-electron chi connectivity index (χ4n) is 2.09. The summed E-state index contributed by atoms with van der Waals surface area (Å²) in [5, 5.41) is 11.0. The van der Waals surface area contributed by atoms with Gasteiger partial charge in [0.15, 0.2) is 0 Å². The highest BCUT2D eigenvalue weighted by Gasteiger charge is 2.13. The van der Waals surface area contributed by atoms with Crippen LogP contribution >= 0.6 is 11.8 Å². The van der Waals surface area contributed by atoms with Crippen LogP contribution in [0.5, 0.6) is 0 Å². The molecule has 3 rings (SSSR count). The normalized spacial score (nSPS) is 10.4. The summed E-state index contributed by atoms with van der Waals surface area (Å²) in [5.41, 5.74) is 1.14. The topological polar surface area (TPSA) is 68.0 Å². The Morgan fingerprint density at radius 2 is 2.08 bits per heavy atom. The second-order valence-electron chi connectivity index (χ2n) is 4.99. The van der Waals surface area contributed by atoms with Crippen LogP contribution in [0.25, 0.3) is 11.5 Å². The van der Waals surface area contributed by atoms with E-state index in [-0.39, 0.29) is 5.56 Å². The minimum Gasteiger partial charge on any atom is -0.411 e. The van der Waals surface area contributed by atoms with Crippen LogP contribution in [0.1, 0.15) is 10.4 Å². The van der Waals surface area contributed by atoms with E-state index in [9.17, 15) is 9.18 Å². The molecule has 0 spiro atoms. The molecular weight excluding hydrogens is 341 g/mol. The number of carbonyl (C=O) groups is 1. The highest BCUT2D eigenvalue weighted by Crippen LogP contribution is 2.25. The fraction of sp³-hybridized carbons (Fsp3) is 0.0556. The van der Waals surface area contributed by atoms with Crippen LogP contribution in [-0.4, -0.2) is 21.9 Å². The van der Waals surface area contributed by atoms with Gasteiger partial charge in [-0.3, -0.25) is 4.79 Å². The van der Waals surface area contributed by atoms with Crippen LogP contribution in [0.15, 0.2) is 70.8 Å². The van der Waals surface area contributed by atoms with Gasteiger partial charge in [0, 0.05) is 17.0 Å². The van der Waals surface area contributed by atoms with Crippen molar-refractivity contribution in [2.24, 2.45) is 0 Å². The predicted octanol–water partition coefficient (Wildman–Crippen LogP) is 4.41. The van der Waals surface area contributed by atoms with E-state index in [1.807, 2.05) is 0 Å². The van der Waals surface area contributed by atoms with E-state index in [1.165, 1.54) is 30.0 Å². The van der Waals surface area contributed by atoms with E-state index >= 15 is 0 Å². The molecule has 0 radical (unpaired) electrons. The molecule has 7 heteroatoms. The Labute approximate surface area is 148 Å². The number of halogens is 1. The molecule has 0 fully saturated rings. The number of nitrogens with one attached hydrogen (secondary N) is 1. The van der Waals surface area contributed by atoms with Crippen LogP contribution < -0.4 is 5.32 Å². The van der Waals surface area contributed by atoms with Crippen molar-refractivity contribution >= 4 is 23.4 Å². The van der Waals surface area contributed by atoms with Crippen LogP contribution in [-0.2, 0) is 0 Å². The van der Waals surface area contributed by atoms with Crippen LogP contribution in [0.2, 0.25) is 0 Å². The third-order valence-corrected chi connectivity index (χ3v) is 4.03. The van der Waals surface area contributed by atoms with Gasteiger partial charge in [-0.05, 0) is 30.3 Å². The summed E-state index contributed by atoms with van der Waals surface area (Å²) in [7, 11) is 0. The largest absolute Gasteiger partial charge is 0.411 e. The average molecular weight is 355 g/mol. The molecule has 126 valence electrons. The van der Waals surface area contributed by atoms with Crippen molar-refractivity contribution in [3.8, 4) is 11.5 Å². The zero-order valence-corrected chi connectivity index (χ0v) is 13.9. The molecule has 0 aliphatic carbocycles. The van der Waals surface area contributed by atoms with Gasteiger partial charge in [-0.2, -0.15) is 0 Å². The Balaban J connectivity index is 1.77.